The maximum atomic E-state index is 12.3. The zero-order valence-corrected chi connectivity index (χ0v) is 13.3. The van der Waals surface area contributed by atoms with E-state index in [1.165, 1.54) is 25.3 Å². The van der Waals surface area contributed by atoms with Crippen molar-refractivity contribution in [1.82, 2.24) is 14.9 Å². The van der Waals surface area contributed by atoms with Crippen LogP contribution < -0.4 is 10.6 Å². The second kappa shape index (κ2) is 7.51. The lowest BCUT2D eigenvalue weighted by atomic mass is 10.1. The molecule has 24 heavy (non-hydrogen) atoms. The number of aliphatic hydroxyl groups excluding tert-OH is 1. The van der Waals surface area contributed by atoms with Crippen LogP contribution in [0.5, 0.6) is 0 Å². The minimum absolute atomic E-state index is 0.0106. The molecule has 0 spiro atoms. The number of carbonyl (C=O) groups is 3. The fourth-order valence-electron chi connectivity index (χ4n) is 1.93. The van der Waals surface area contributed by atoms with Crippen LogP contribution in [-0.2, 0) is 16.6 Å². The smallest absolute Gasteiger partial charge is 0.313 e. The van der Waals surface area contributed by atoms with Crippen molar-refractivity contribution in [2.75, 3.05) is 11.9 Å². The lowest BCUT2D eigenvalue weighted by molar-refractivity contribution is -0.136. The molecule has 2 rings (SSSR count). The van der Waals surface area contributed by atoms with Crippen LogP contribution in [0.1, 0.15) is 23.1 Å². The Morgan fingerprint density at radius 3 is 2.42 bits per heavy atom. The Morgan fingerprint density at radius 1 is 1.21 bits per heavy atom. The normalized spacial score (nSPS) is 11.6. The number of aryl methyl sites for hydroxylation is 1. The maximum absolute atomic E-state index is 12.3. The first-order chi connectivity index (χ1) is 11.4. The van der Waals surface area contributed by atoms with E-state index < -0.39 is 17.9 Å². The summed E-state index contributed by atoms with van der Waals surface area (Å²) in [6, 6.07) is 6.13. The summed E-state index contributed by atoms with van der Waals surface area (Å²) in [5.74, 6) is -1.62. The van der Waals surface area contributed by atoms with Crippen LogP contribution in [0.15, 0.2) is 36.7 Å². The van der Waals surface area contributed by atoms with E-state index >= 15 is 0 Å². The zero-order chi connectivity index (χ0) is 17.7. The number of ketones is 1. The van der Waals surface area contributed by atoms with Crippen molar-refractivity contribution in [2.45, 2.75) is 13.0 Å². The molecule has 0 saturated heterocycles. The molecular weight excluding hydrogens is 312 g/mol. The van der Waals surface area contributed by atoms with E-state index in [0.29, 0.717) is 17.1 Å². The van der Waals surface area contributed by atoms with Crippen LogP contribution in [0.4, 0.5) is 5.69 Å². The molecule has 8 nitrogen and oxygen atoms in total. The van der Waals surface area contributed by atoms with E-state index in [-0.39, 0.29) is 12.3 Å². The SMILES string of the molecule is CC(O)CNC(=O)C(=O)Nc1ccc(C(=O)c2nccn2C)cc1. The van der Waals surface area contributed by atoms with E-state index in [9.17, 15) is 14.4 Å². The maximum Gasteiger partial charge on any atom is 0.313 e. The third kappa shape index (κ3) is 4.26. The predicted octanol–water partition coefficient (Wildman–Crippen LogP) is 0.0866. The van der Waals surface area contributed by atoms with Gasteiger partial charge in [-0.05, 0) is 31.2 Å². The van der Waals surface area contributed by atoms with E-state index in [1.54, 1.807) is 29.9 Å². The Bertz CT molecular complexity index is 750. The largest absolute Gasteiger partial charge is 0.392 e. The van der Waals surface area contributed by atoms with Gasteiger partial charge in [0.15, 0.2) is 5.82 Å². The van der Waals surface area contributed by atoms with E-state index in [1.807, 2.05) is 0 Å². The molecule has 3 N–H and O–H groups in total. The van der Waals surface area contributed by atoms with Gasteiger partial charge in [-0.1, -0.05) is 0 Å². The number of anilines is 1. The zero-order valence-electron chi connectivity index (χ0n) is 13.3. The van der Waals surface area contributed by atoms with Crippen molar-refractivity contribution in [3.63, 3.8) is 0 Å². The summed E-state index contributed by atoms with van der Waals surface area (Å²) >= 11 is 0. The van der Waals surface area contributed by atoms with Gasteiger partial charge in [-0.2, -0.15) is 0 Å². The highest BCUT2D eigenvalue weighted by molar-refractivity contribution is 6.39. The number of amides is 2. The highest BCUT2D eigenvalue weighted by Crippen LogP contribution is 2.12. The number of hydrogen-bond acceptors (Lipinski definition) is 5. The standard InChI is InChI=1S/C16H18N4O4/c1-10(21)9-18-15(23)16(24)19-12-5-3-11(4-6-12)13(22)14-17-7-8-20(14)2/h3-8,10,21H,9H2,1-2H3,(H,18,23)(H,19,24). The van der Waals surface area contributed by atoms with Crippen molar-refractivity contribution < 1.29 is 19.5 Å². The van der Waals surface area contributed by atoms with Gasteiger partial charge in [0.1, 0.15) is 0 Å². The monoisotopic (exact) mass is 330 g/mol. The summed E-state index contributed by atoms with van der Waals surface area (Å²) in [7, 11) is 1.72. The number of aliphatic hydroxyl groups is 1. The van der Waals surface area contributed by atoms with Crippen molar-refractivity contribution in [3.05, 3.63) is 48.0 Å². The molecule has 0 saturated carbocycles. The Kier molecular flexibility index (Phi) is 5.43. The minimum atomic E-state index is -0.848. The fraction of sp³-hybridized carbons (Fsp3) is 0.250. The topological polar surface area (TPSA) is 113 Å². The molecule has 1 heterocycles. The van der Waals surface area contributed by atoms with E-state index in [4.69, 9.17) is 5.11 Å². The third-order valence-corrected chi connectivity index (χ3v) is 3.19. The molecule has 2 aromatic rings. The predicted molar refractivity (Wildman–Crippen MR) is 86.4 cm³/mol. The van der Waals surface area contributed by atoms with Crippen LogP contribution in [0.25, 0.3) is 0 Å². The molecule has 0 radical (unpaired) electrons. The number of nitrogens with one attached hydrogen (secondary N) is 2. The summed E-state index contributed by atoms with van der Waals surface area (Å²) in [5.41, 5.74) is 0.796. The molecule has 0 fully saturated rings. The van der Waals surface area contributed by atoms with Gasteiger partial charge in [0.2, 0.25) is 5.78 Å². The van der Waals surface area contributed by atoms with E-state index in [2.05, 4.69) is 15.6 Å². The molecule has 1 aromatic heterocycles. The lowest BCUT2D eigenvalue weighted by Crippen LogP contribution is -2.38. The number of benzene rings is 1. The third-order valence-electron chi connectivity index (χ3n) is 3.19. The molecule has 0 bridgehead atoms. The minimum Gasteiger partial charge on any atom is -0.392 e. The Labute approximate surface area is 138 Å². The van der Waals surface area contributed by atoms with Crippen molar-refractivity contribution in [2.24, 2.45) is 7.05 Å². The quantitative estimate of drug-likeness (QED) is 0.531. The van der Waals surface area contributed by atoms with Crippen molar-refractivity contribution in [1.29, 1.82) is 0 Å². The molecule has 2 amide bonds. The summed E-state index contributed by atoms with van der Waals surface area (Å²) < 4.78 is 1.62. The van der Waals surface area contributed by atoms with Gasteiger partial charge in [0.25, 0.3) is 0 Å². The summed E-state index contributed by atoms with van der Waals surface area (Å²) in [5, 5.41) is 13.8. The highest BCUT2D eigenvalue weighted by atomic mass is 16.3. The first kappa shape index (κ1) is 17.4. The van der Waals surface area contributed by atoms with Crippen LogP contribution in [-0.4, -0.2) is 44.9 Å². The molecule has 8 heteroatoms. The number of rotatable bonds is 5. The molecular formula is C16H18N4O4. The second-order valence-electron chi connectivity index (χ2n) is 5.28. The summed E-state index contributed by atoms with van der Waals surface area (Å²) in [6.07, 6.45) is 2.47. The van der Waals surface area contributed by atoms with Gasteiger partial charge in [0.05, 0.1) is 6.10 Å². The Hall–Kier alpha value is -3.00. The van der Waals surface area contributed by atoms with Gasteiger partial charge in [-0.25, -0.2) is 4.98 Å². The van der Waals surface area contributed by atoms with Gasteiger partial charge < -0.3 is 20.3 Å². The number of hydrogen-bond donors (Lipinski definition) is 3. The van der Waals surface area contributed by atoms with Crippen LogP contribution in [0, 0.1) is 0 Å². The highest BCUT2D eigenvalue weighted by Gasteiger charge is 2.16. The Morgan fingerprint density at radius 2 is 1.88 bits per heavy atom. The molecule has 1 atom stereocenters. The molecule has 0 aliphatic heterocycles. The van der Waals surface area contributed by atoms with Gasteiger partial charge in [-0.15, -0.1) is 0 Å². The van der Waals surface area contributed by atoms with Gasteiger partial charge >= 0.3 is 11.8 Å². The average molecular weight is 330 g/mol. The van der Waals surface area contributed by atoms with Gasteiger partial charge in [-0.3, -0.25) is 14.4 Å². The number of aromatic nitrogens is 2. The number of carbonyl (C=O) groups excluding carboxylic acids is 3. The first-order valence-electron chi connectivity index (χ1n) is 7.28. The van der Waals surface area contributed by atoms with Crippen molar-refractivity contribution >= 4 is 23.3 Å². The van der Waals surface area contributed by atoms with Crippen LogP contribution in [0.3, 0.4) is 0 Å². The fourth-order valence-corrected chi connectivity index (χ4v) is 1.93. The average Bonchev–Trinajstić information content (AvgIpc) is 2.98. The summed E-state index contributed by atoms with van der Waals surface area (Å²) in [6.45, 7) is 1.48. The number of nitrogens with zero attached hydrogens (tertiary/aromatic N) is 2. The summed E-state index contributed by atoms with van der Waals surface area (Å²) in [4.78, 5) is 39.5. The van der Waals surface area contributed by atoms with Crippen molar-refractivity contribution in [3.8, 4) is 0 Å². The molecule has 126 valence electrons. The van der Waals surface area contributed by atoms with Crippen LogP contribution >= 0.6 is 0 Å². The van der Waals surface area contributed by atoms with Gasteiger partial charge in [0, 0.05) is 37.2 Å². The van der Waals surface area contributed by atoms with E-state index in [0.717, 1.165) is 0 Å². The van der Waals surface area contributed by atoms with Crippen LogP contribution in [0.2, 0.25) is 0 Å². The molecule has 0 aliphatic rings. The first-order valence-corrected chi connectivity index (χ1v) is 7.28. The molecule has 1 aromatic carbocycles. The Balaban J connectivity index is 1.99. The lowest BCUT2D eigenvalue weighted by Gasteiger charge is -2.08. The molecule has 0 aliphatic carbocycles. The number of imidazole rings is 1. The molecule has 1 unspecified atom stereocenters. The second-order valence-corrected chi connectivity index (χ2v) is 5.28.